The molecule has 0 saturated carbocycles. The maximum absolute atomic E-state index is 13.0. The molecule has 1 fully saturated rings. The van der Waals surface area contributed by atoms with Crippen LogP contribution in [0.2, 0.25) is 0 Å². The van der Waals surface area contributed by atoms with Gasteiger partial charge < -0.3 is 19.5 Å². The average Bonchev–Trinajstić information content (AvgIpc) is 2.52. The van der Waals surface area contributed by atoms with Gasteiger partial charge in [0.25, 0.3) is 0 Å². The van der Waals surface area contributed by atoms with Gasteiger partial charge in [-0.2, -0.15) is 13.2 Å². The van der Waals surface area contributed by atoms with Crippen LogP contribution in [0, 0.1) is 5.92 Å². The van der Waals surface area contributed by atoms with E-state index in [2.05, 4.69) is 5.32 Å². The molecule has 0 radical (unpaired) electrons. The predicted molar refractivity (Wildman–Crippen MR) is 82.6 cm³/mol. The molecule has 1 heterocycles. The standard InChI is InChI=1S/C16H30F3NO3/c1-21-9-3-2-4-10-22-11-12-23-15(16(17,18)19)13-14-5-7-20-8-6-14/h14-15,20H,2-13H2,1H3. The molecule has 1 aliphatic rings. The number of hydrogen-bond donors (Lipinski definition) is 1. The number of alkyl halides is 3. The van der Waals surface area contributed by atoms with E-state index in [-0.39, 0.29) is 25.6 Å². The number of hydrogen-bond acceptors (Lipinski definition) is 4. The first-order chi connectivity index (χ1) is 11.0. The van der Waals surface area contributed by atoms with Gasteiger partial charge in [-0.25, -0.2) is 0 Å². The highest BCUT2D eigenvalue weighted by molar-refractivity contribution is 4.76. The quantitative estimate of drug-likeness (QED) is 0.554. The summed E-state index contributed by atoms with van der Waals surface area (Å²) in [7, 11) is 1.66. The lowest BCUT2D eigenvalue weighted by atomic mass is 9.92. The molecule has 0 aromatic carbocycles. The highest BCUT2D eigenvalue weighted by atomic mass is 19.4. The third-order valence-corrected chi connectivity index (χ3v) is 4.06. The third-order valence-electron chi connectivity index (χ3n) is 4.06. The van der Waals surface area contributed by atoms with Gasteiger partial charge in [-0.15, -0.1) is 0 Å². The molecule has 7 heteroatoms. The van der Waals surface area contributed by atoms with E-state index in [1.165, 1.54) is 0 Å². The molecule has 0 aromatic heterocycles. The molecule has 0 amide bonds. The van der Waals surface area contributed by atoms with E-state index < -0.39 is 12.3 Å². The van der Waals surface area contributed by atoms with Gasteiger partial charge in [0.1, 0.15) is 0 Å². The molecule has 23 heavy (non-hydrogen) atoms. The van der Waals surface area contributed by atoms with Crippen molar-refractivity contribution in [2.24, 2.45) is 5.92 Å². The molecular formula is C16H30F3NO3. The van der Waals surface area contributed by atoms with Gasteiger partial charge in [0.15, 0.2) is 6.10 Å². The first-order valence-corrected chi connectivity index (χ1v) is 8.49. The highest BCUT2D eigenvalue weighted by Gasteiger charge is 2.41. The zero-order valence-electron chi connectivity index (χ0n) is 14.0. The molecule has 0 aromatic rings. The summed E-state index contributed by atoms with van der Waals surface area (Å²) in [6.07, 6.45) is -1.48. The molecule has 1 aliphatic heterocycles. The number of nitrogens with one attached hydrogen (secondary N) is 1. The van der Waals surface area contributed by atoms with Crippen LogP contribution < -0.4 is 5.32 Å². The van der Waals surface area contributed by atoms with E-state index in [9.17, 15) is 13.2 Å². The van der Waals surface area contributed by atoms with Crippen LogP contribution in [0.15, 0.2) is 0 Å². The summed E-state index contributed by atoms with van der Waals surface area (Å²) in [6, 6.07) is 0. The highest BCUT2D eigenvalue weighted by Crippen LogP contribution is 2.30. The molecule has 1 atom stereocenters. The Bertz CT molecular complexity index is 284. The number of halogens is 3. The van der Waals surface area contributed by atoms with Crippen LogP contribution >= 0.6 is 0 Å². The Morgan fingerprint density at radius 2 is 1.70 bits per heavy atom. The number of methoxy groups -OCH3 is 1. The number of piperidine rings is 1. The van der Waals surface area contributed by atoms with Crippen LogP contribution in [0.4, 0.5) is 13.2 Å². The van der Waals surface area contributed by atoms with Crippen molar-refractivity contribution < 1.29 is 27.4 Å². The Kier molecular flexibility index (Phi) is 10.8. The monoisotopic (exact) mass is 341 g/mol. The summed E-state index contributed by atoms with van der Waals surface area (Å²) < 4.78 is 54.4. The molecule has 1 rings (SSSR count). The van der Waals surface area contributed by atoms with Crippen LogP contribution in [0.3, 0.4) is 0 Å². The largest absolute Gasteiger partial charge is 0.414 e. The molecule has 0 spiro atoms. The summed E-state index contributed by atoms with van der Waals surface area (Å²) >= 11 is 0. The number of rotatable bonds is 12. The Balaban J connectivity index is 2.11. The maximum Gasteiger partial charge on any atom is 0.414 e. The summed E-state index contributed by atoms with van der Waals surface area (Å²) in [5, 5.41) is 3.16. The van der Waals surface area contributed by atoms with Crippen molar-refractivity contribution in [2.45, 2.75) is 50.8 Å². The zero-order chi connectivity index (χ0) is 17.0. The van der Waals surface area contributed by atoms with Crippen LogP contribution in [0.25, 0.3) is 0 Å². The van der Waals surface area contributed by atoms with E-state index in [1.807, 2.05) is 0 Å². The molecule has 138 valence electrons. The minimum absolute atomic E-state index is 0.00673. The molecule has 1 N–H and O–H groups in total. The van der Waals surface area contributed by atoms with E-state index in [1.54, 1.807) is 7.11 Å². The fourth-order valence-electron chi connectivity index (χ4n) is 2.69. The lowest BCUT2D eigenvalue weighted by Gasteiger charge is -2.28. The second-order valence-corrected chi connectivity index (χ2v) is 6.00. The maximum atomic E-state index is 13.0. The fourth-order valence-corrected chi connectivity index (χ4v) is 2.69. The van der Waals surface area contributed by atoms with Crippen molar-refractivity contribution in [3.63, 3.8) is 0 Å². The fraction of sp³-hybridized carbons (Fsp3) is 1.00. The Morgan fingerprint density at radius 3 is 2.35 bits per heavy atom. The predicted octanol–water partition coefficient (Wildman–Crippen LogP) is 3.16. The molecule has 1 saturated heterocycles. The lowest BCUT2D eigenvalue weighted by Crippen LogP contribution is -2.37. The Hall–Kier alpha value is -0.370. The van der Waals surface area contributed by atoms with Crippen molar-refractivity contribution in [3.8, 4) is 0 Å². The first kappa shape index (κ1) is 20.7. The summed E-state index contributed by atoms with van der Waals surface area (Å²) in [4.78, 5) is 0. The summed E-state index contributed by atoms with van der Waals surface area (Å²) in [5.74, 6) is 0.0876. The van der Waals surface area contributed by atoms with Crippen molar-refractivity contribution in [3.05, 3.63) is 0 Å². The molecule has 1 unspecified atom stereocenters. The lowest BCUT2D eigenvalue weighted by molar-refractivity contribution is -0.228. The average molecular weight is 341 g/mol. The number of unbranched alkanes of at least 4 members (excludes halogenated alkanes) is 2. The van der Waals surface area contributed by atoms with Crippen molar-refractivity contribution >= 4 is 0 Å². The third kappa shape index (κ3) is 10.2. The summed E-state index contributed by atoms with van der Waals surface area (Å²) in [6.45, 7) is 3.07. The van der Waals surface area contributed by atoms with E-state index >= 15 is 0 Å². The van der Waals surface area contributed by atoms with Crippen LogP contribution in [0.1, 0.15) is 38.5 Å². The molecular weight excluding hydrogens is 311 g/mol. The van der Waals surface area contributed by atoms with Gasteiger partial charge in [-0.1, -0.05) is 0 Å². The zero-order valence-corrected chi connectivity index (χ0v) is 14.0. The van der Waals surface area contributed by atoms with E-state index in [0.717, 1.165) is 51.8 Å². The minimum Gasteiger partial charge on any atom is -0.385 e. The van der Waals surface area contributed by atoms with Crippen molar-refractivity contribution in [1.29, 1.82) is 0 Å². The molecule has 0 bridgehead atoms. The normalized spacial score (nSPS) is 18.3. The Labute approximate surface area is 137 Å². The van der Waals surface area contributed by atoms with Crippen LogP contribution in [0.5, 0.6) is 0 Å². The smallest absolute Gasteiger partial charge is 0.385 e. The SMILES string of the molecule is COCCCCCOCCOC(CC1CCNCC1)C(F)(F)F. The molecule has 4 nitrogen and oxygen atoms in total. The second-order valence-electron chi connectivity index (χ2n) is 6.00. The van der Waals surface area contributed by atoms with E-state index in [0.29, 0.717) is 6.61 Å². The Morgan fingerprint density at radius 1 is 1.00 bits per heavy atom. The van der Waals surface area contributed by atoms with E-state index in [4.69, 9.17) is 14.2 Å². The topological polar surface area (TPSA) is 39.7 Å². The first-order valence-electron chi connectivity index (χ1n) is 8.49. The van der Waals surface area contributed by atoms with Crippen molar-refractivity contribution in [1.82, 2.24) is 5.32 Å². The second kappa shape index (κ2) is 12.1. The van der Waals surface area contributed by atoms with Gasteiger partial charge >= 0.3 is 6.18 Å². The number of ether oxygens (including phenoxy) is 3. The minimum atomic E-state index is -4.30. The van der Waals surface area contributed by atoms with Crippen LogP contribution in [-0.2, 0) is 14.2 Å². The van der Waals surface area contributed by atoms with Gasteiger partial charge in [-0.3, -0.25) is 0 Å². The van der Waals surface area contributed by atoms with Crippen LogP contribution in [-0.4, -0.2) is 58.9 Å². The van der Waals surface area contributed by atoms with Crippen molar-refractivity contribution in [2.75, 3.05) is 46.6 Å². The van der Waals surface area contributed by atoms with Gasteiger partial charge in [-0.05, 0) is 57.5 Å². The van der Waals surface area contributed by atoms with Gasteiger partial charge in [0.2, 0.25) is 0 Å². The van der Waals surface area contributed by atoms with Gasteiger partial charge in [0.05, 0.1) is 13.2 Å². The molecule has 0 aliphatic carbocycles. The van der Waals surface area contributed by atoms with Gasteiger partial charge in [0, 0.05) is 20.3 Å². The summed E-state index contributed by atoms with van der Waals surface area (Å²) in [5.41, 5.74) is 0.